The number of rotatable bonds is 8. The van der Waals surface area contributed by atoms with E-state index in [-0.39, 0.29) is 5.92 Å². The minimum Gasteiger partial charge on any atom is -0.0837 e. The first-order valence-corrected chi connectivity index (χ1v) is 9.65. The lowest BCUT2D eigenvalue weighted by atomic mass is 9.94. The summed E-state index contributed by atoms with van der Waals surface area (Å²) >= 11 is 35.6. The van der Waals surface area contributed by atoms with Crippen molar-refractivity contribution >= 4 is 69.6 Å². The zero-order valence-corrected chi connectivity index (χ0v) is 16.7. The first-order valence-electron chi connectivity index (χ1n) is 7.38. The molecule has 126 valence electrons. The third-order valence-corrected chi connectivity index (χ3v) is 4.91. The lowest BCUT2D eigenvalue weighted by Gasteiger charge is -2.25. The van der Waals surface area contributed by atoms with Gasteiger partial charge in [0.2, 0.25) is 0 Å². The molecule has 22 heavy (non-hydrogen) atoms. The van der Waals surface area contributed by atoms with Gasteiger partial charge in [0, 0.05) is 5.92 Å². The van der Waals surface area contributed by atoms with Crippen LogP contribution in [0.3, 0.4) is 0 Å². The normalized spacial score (nSPS) is 14.1. The number of benzene rings is 1. The van der Waals surface area contributed by atoms with Crippen molar-refractivity contribution in [3.63, 3.8) is 0 Å². The van der Waals surface area contributed by atoms with Crippen LogP contribution >= 0.6 is 69.6 Å². The Labute approximate surface area is 163 Å². The molecule has 1 atom stereocenters. The molecule has 0 bridgehead atoms. The van der Waals surface area contributed by atoms with Crippen molar-refractivity contribution in [3.8, 4) is 0 Å². The molecular formula is C16H20Cl6. The van der Waals surface area contributed by atoms with Gasteiger partial charge in [-0.05, 0) is 24.8 Å². The lowest BCUT2D eigenvalue weighted by molar-refractivity contribution is 0.539. The quantitative estimate of drug-likeness (QED) is 0.291. The first kappa shape index (κ1) is 21.0. The van der Waals surface area contributed by atoms with E-state index in [4.69, 9.17) is 69.6 Å². The molecule has 0 spiro atoms. The fraction of sp³-hybridized carbons (Fsp3) is 0.625. The van der Waals surface area contributed by atoms with Crippen LogP contribution in [0.4, 0.5) is 0 Å². The van der Waals surface area contributed by atoms with Crippen LogP contribution in [0.25, 0.3) is 0 Å². The molecule has 0 aromatic heterocycles. The maximum absolute atomic E-state index is 6.13. The molecule has 0 fully saturated rings. The molecule has 1 aromatic rings. The van der Waals surface area contributed by atoms with E-state index in [0.29, 0.717) is 6.42 Å². The summed E-state index contributed by atoms with van der Waals surface area (Å²) in [5.74, 6) is -0.0834. The Morgan fingerprint density at radius 2 is 1.27 bits per heavy atom. The topological polar surface area (TPSA) is 0 Å². The number of halogens is 6. The van der Waals surface area contributed by atoms with Gasteiger partial charge in [0.25, 0.3) is 0 Å². The van der Waals surface area contributed by atoms with Crippen LogP contribution in [0.15, 0.2) is 30.3 Å². The van der Waals surface area contributed by atoms with Gasteiger partial charge in [-0.1, -0.05) is 126 Å². The van der Waals surface area contributed by atoms with Gasteiger partial charge in [0.15, 0.2) is 7.59 Å². The molecule has 0 radical (unpaired) electrons. The number of unbranched alkanes of at least 4 members (excludes halogenated alkanes) is 4. The van der Waals surface area contributed by atoms with Crippen molar-refractivity contribution < 1.29 is 0 Å². The van der Waals surface area contributed by atoms with Crippen LogP contribution in [0.2, 0.25) is 0 Å². The molecular weight excluding hydrogens is 405 g/mol. The van der Waals surface area contributed by atoms with Crippen LogP contribution in [0, 0.1) is 0 Å². The maximum atomic E-state index is 6.13. The Morgan fingerprint density at radius 1 is 0.727 bits per heavy atom. The summed E-state index contributed by atoms with van der Waals surface area (Å²) in [4.78, 5) is 0. The van der Waals surface area contributed by atoms with E-state index in [9.17, 15) is 0 Å². The fourth-order valence-corrected chi connectivity index (χ4v) is 3.52. The molecule has 0 amide bonds. The van der Waals surface area contributed by atoms with Gasteiger partial charge in [-0.2, -0.15) is 0 Å². The Hall–Kier alpha value is 0.960. The molecule has 1 rings (SSSR count). The van der Waals surface area contributed by atoms with E-state index in [1.807, 2.05) is 30.3 Å². The summed E-state index contributed by atoms with van der Waals surface area (Å²) in [6, 6.07) is 9.91. The smallest absolute Gasteiger partial charge is 0.0837 e. The lowest BCUT2D eigenvalue weighted by Crippen LogP contribution is -2.17. The first-order chi connectivity index (χ1) is 10.2. The van der Waals surface area contributed by atoms with E-state index in [2.05, 4.69) is 0 Å². The van der Waals surface area contributed by atoms with E-state index in [1.54, 1.807) is 0 Å². The molecule has 0 saturated heterocycles. The van der Waals surface area contributed by atoms with Crippen molar-refractivity contribution in [2.75, 3.05) is 0 Å². The summed E-state index contributed by atoms with van der Waals surface area (Å²) in [5.41, 5.74) is 1.07. The second-order valence-corrected chi connectivity index (χ2v) is 10.3. The minimum atomic E-state index is -1.28. The van der Waals surface area contributed by atoms with Crippen LogP contribution in [-0.2, 0) is 0 Å². The number of alkyl halides is 6. The molecule has 1 unspecified atom stereocenters. The highest BCUT2D eigenvalue weighted by Crippen LogP contribution is 2.44. The van der Waals surface area contributed by atoms with E-state index < -0.39 is 7.59 Å². The fourth-order valence-electron chi connectivity index (χ4n) is 2.41. The highest BCUT2D eigenvalue weighted by Gasteiger charge is 2.33. The zero-order valence-electron chi connectivity index (χ0n) is 12.2. The molecule has 0 aliphatic carbocycles. The van der Waals surface area contributed by atoms with Gasteiger partial charge in [0.05, 0.1) is 0 Å². The monoisotopic (exact) mass is 422 g/mol. The second-order valence-electron chi connectivity index (χ2n) is 5.43. The number of hydrogen-bond acceptors (Lipinski definition) is 0. The average Bonchev–Trinajstić information content (AvgIpc) is 2.40. The van der Waals surface area contributed by atoms with Crippen molar-refractivity contribution in [1.29, 1.82) is 0 Å². The van der Waals surface area contributed by atoms with Gasteiger partial charge in [-0.3, -0.25) is 0 Å². The summed E-state index contributed by atoms with van der Waals surface area (Å²) in [6.07, 6.45) is 6.62. The molecule has 0 saturated carbocycles. The molecule has 6 heteroatoms. The second kappa shape index (κ2) is 10.1. The Balaban J connectivity index is 2.31. The molecule has 0 nitrogen and oxygen atoms in total. The molecule has 0 aliphatic rings. The molecule has 1 aromatic carbocycles. The van der Waals surface area contributed by atoms with E-state index in [0.717, 1.165) is 44.1 Å². The van der Waals surface area contributed by atoms with Crippen LogP contribution in [-0.4, -0.2) is 7.59 Å². The SMILES string of the molecule is ClC(Cl)(Cl)CCCCCCCC(c1ccccc1)C(Cl)(Cl)Cl. The van der Waals surface area contributed by atoms with Crippen molar-refractivity contribution in [2.24, 2.45) is 0 Å². The largest absolute Gasteiger partial charge is 0.197 e. The average molecular weight is 425 g/mol. The van der Waals surface area contributed by atoms with Crippen LogP contribution in [0.1, 0.15) is 56.4 Å². The van der Waals surface area contributed by atoms with Gasteiger partial charge in [-0.15, -0.1) is 0 Å². The van der Waals surface area contributed by atoms with E-state index >= 15 is 0 Å². The van der Waals surface area contributed by atoms with Crippen molar-refractivity contribution in [1.82, 2.24) is 0 Å². The molecule has 0 N–H and O–H groups in total. The molecule has 0 heterocycles. The molecule has 0 aliphatic heterocycles. The predicted molar refractivity (Wildman–Crippen MR) is 102 cm³/mol. The summed E-state index contributed by atoms with van der Waals surface area (Å²) in [5, 5.41) is 0. The highest BCUT2D eigenvalue weighted by atomic mass is 35.6. The van der Waals surface area contributed by atoms with Gasteiger partial charge < -0.3 is 0 Å². The van der Waals surface area contributed by atoms with Gasteiger partial charge in [0.1, 0.15) is 0 Å². The zero-order chi connectivity index (χ0) is 16.6. The highest BCUT2D eigenvalue weighted by molar-refractivity contribution is 6.68. The van der Waals surface area contributed by atoms with Crippen molar-refractivity contribution in [2.45, 2.75) is 58.4 Å². The van der Waals surface area contributed by atoms with Crippen LogP contribution < -0.4 is 0 Å². The third-order valence-electron chi connectivity index (χ3n) is 3.55. The summed E-state index contributed by atoms with van der Waals surface area (Å²) in [6.45, 7) is 0. The maximum Gasteiger partial charge on any atom is 0.197 e. The number of hydrogen-bond donors (Lipinski definition) is 0. The third kappa shape index (κ3) is 9.30. The Morgan fingerprint density at radius 3 is 1.82 bits per heavy atom. The minimum absolute atomic E-state index is 0.0834. The Bertz CT molecular complexity index is 407. The van der Waals surface area contributed by atoms with Gasteiger partial charge >= 0.3 is 0 Å². The summed E-state index contributed by atoms with van der Waals surface area (Å²) in [7, 11) is 0. The van der Waals surface area contributed by atoms with Crippen LogP contribution in [0.5, 0.6) is 0 Å². The standard InChI is InChI=1S/C16H20Cl6/c17-15(18,19)12-8-3-1-2-7-11-14(16(20,21)22)13-9-5-4-6-10-13/h4-6,9-10,14H,1-3,7-8,11-12H2. The Kier molecular flexibility index (Phi) is 9.61. The van der Waals surface area contributed by atoms with Crippen molar-refractivity contribution in [3.05, 3.63) is 35.9 Å². The van der Waals surface area contributed by atoms with Gasteiger partial charge in [-0.25, -0.2) is 0 Å². The van der Waals surface area contributed by atoms with E-state index in [1.165, 1.54) is 0 Å². The predicted octanol–water partition coefficient (Wildman–Crippen LogP) is 8.24. The summed E-state index contributed by atoms with van der Waals surface area (Å²) < 4.78 is -2.41.